The minimum absolute atomic E-state index is 0.0123. The number of aromatic amines is 1. The Hall–Kier alpha value is -2.96. The van der Waals surface area contributed by atoms with Gasteiger partial charge in [0.05, 0.1) is 18.3 Å². The molecule has 2 aromatic heterocycles. The van der Waals surface area contributed by atoms with Crippen molar-refractivity contribution in [1.82, 2.24) is 34.7 Å². The third-order valence-electron chi connectivity index (χ3n) is 7.10. The molecule has 0 saturated heterocycles. The van der Waals surface area contributed by atoms with Crippen LogP contribution in [-0.2, 0) is 34.8 Å². The number of fused-ring (bicyclic) bond motifs is 1. The van der Waals surface area contributed by atoms with Crippen LogP contribution in [0.1, 0.15) is 62.8 Å². The van der Waals surface area contributed by atoms with E-state index in [0.29, 0.717) is 24.5 Å². The highest BCUT2D eigenvalue weighted by Crippen LogP contribution is 2.24. The molecule has 1 aliphatic rings. The number of para-hydroxylation sites is 1. The largest absolute Gasteiger partial charge is 0.446 e. The molecule has 1 amide bonds. The van der Waals surface area contributed by atoms with E-state index in [1.807, 2.05) is 30.5 Å². The highest BCUT2D eigenvalue weighted by atomic mass is 32.2. The van der Waals surface area contributed by atoms with Gasteiger partial charge >= 0.3 is 6.09 Å². The topological polar surface area (TPSA) is 134 Å². The van der Waals surface area contributed by atoms with Gasteiger partial charge in [-0.15, -0.1) is 0 Å². The van der Waals surface area contributed by atoms with Crippen molar-refractivity contribution in [2.45, 2.75) is 64.6 Å². The van der Waals surface area contributed by atoms with E-state index in [2.05, 4.69) is 43.9 Å². The van der Waals surface area contributed by atoms with Crippen LogP contribution < -0.4 is 10.0 Å². The van der Waals surface area contributed by atoms with Crippen LogP contribution in [0.25, 0.3) is 10.9 Å². The Morgan fingerprint density at radius 2 is 2.03 bits per heavy atom. The fourth-order valence-corrected chi connectivity index (χ4v) is 5.82. The van der Waals surface area contributed by atoms with E-state index >= 15 is 0 Å². The zero-order chi connectivity index (χ0) is 27.1. The number of benzene rings is 1. The highest BCUT2D eigenvalue weighted by molar-refractivity contribution is 7.89. The molecule has 0 radical (unpaired) electrons. The Balaban J connectivity index is 1.49. The summed E-state index contributed by atoms with van der Waals surface area (Å²) >= 11 is 0. The van der Waals surface area contributed by atoms with Crippen LogP contribution in [-0.4, -0.2) is 70.7 Å². The number of hydrogen-bond donors (Lipinski definition) is 3. The Labute approximate surface area is 224 Å². The van der Waals surface area contributed by atoms with Crippen molar-refractivity contribution in [2.75, 3.05) is 25.4 Å². The molecule has 1 atom stereocenters. The molecule has 0 aliphatic heterocycles. The number of alkyl carbamates (subject to hydrolysis) is 1. The van der Waals surface area contributed by atoms with Gasteiger partial charge in [-0.3, -0.25) is 4.68 Å². The summed E-state index contributed by atoms with van der Waals surface area (Å²) in [5.41, 5.74) is 1.94. The van der Waals surface area contributed by atoms with Gasteiger partial charge in [0.1, 0.15) is 11.9 Å². The first-order valence-corrected chi connectivity index (χ1v) is 15.0. The Kier molecular flexibility index (Phi) is 9.40. The van der Waals surface area contributed by atoms with Crippen LogP contribution in [0.2, 0.25) is 0 Å². The van der Waals surface area contributed by atoms with E-state index in [0.717, 1.165) is 55.4 Å². The van der Waals surface area contributed by atoms with E-state index in [4.69, 9.17) is 4.74 Å². The van der Waals surface area contributed by atoms with Crippen molar-refractivity contribution >= 4 is 27.0 Å². The normalized spacial score (nSPS) is 15.1. The van der Waals surface area contributed by atoms with Gasteiger partial charge < -0.3 is 19.9 Å². The van der Waals surface area contributed by atoms with Crippen LogP contribution in [0.5, 0.6) is 0 Å². The highest BCUT2D eigenvalue weighted by Gasteiger charge is 2.26. The summed E-state index contributed by atoms with van der Waals surface area (Å²) < 4.78 is 36.0. The quantitative estimate of drug-likeness (QED) is 0.283. The minimum atomic E-state index is -3.60. The molecule has 2 heterocycles. The van der Waals surface area contributed by atoms with Crippen LogP contribution in [0.15, 0.2) is 30.5 Å². The summed E-state index contributed by atoms with van der Waals surface area (Å²) in [5.74, 6) is 0.881. The number of H-pyrrole nitrogens is 1. The van der Waals surface area contributed by atoms with Gasteiger partial charge in [0.15, 0.2) is 5.82 Å². The average Bonchev–Trinajstić information content (AvgIpc) is 3.45. The van der Waals surface area contributed by atoms with Crippen molar-refractivity contribution in [1.29, 1.82) is 0 Å². The summed E-state index contributed by atoms with van der Waals surface area (Å²) in [7, 11) is -1.87. The number of carbonyl (C=O) groups is 1. The first-order chi connectivity index (χ1) is 18.3. The SMILES string of the molecule is CCN(CC)CCCS(=O)(=O)N[C@H](Cc1c[nH]c2ccccc12)c1nc(CNC(=O)OC2CCC2)n(C)n1. The lowest BCUT2D eigenvalue weighted by molar-refractivity contribution is 0.0520. The fraction of sp³-hybridized carbons (Fsp3) is 0.577. The fourth-order valence-electron chi connectivity index (χ4n) is 4.57. The average molecular weight is 546 g/mol. The summed E-state index contributed by atoms with van der Waals surface area (Å²) in [5, 5.41) is 8.27. The number of hydrogen-bond acceptors (Lipinski definition) is 7. The molecule has 11 nitrogen and oxygen atoms in total. The number of carbonyl (C=O) groups excluding carboxylic acids is 1. The molecule has 1 fully saturated rings. The summed E-state index contributed by atoms with van der Waals surface area (Å²) in [4.78, 5) is 22.2. The second-order valence-electron chi connectivity index (χ2n) is 9.75. The van der Waals surface area contributed by atoms with Crippen molar-refractivity contribution in [2.24, 2.45) is 7.05 Å². The second kappa shape index (κ2) is 12.7. The zero-order valence-corrected chi connectivity index (χ0v) is 23.3. The Morgan fingerprint density at radius 1 is 1.26 bits per heavy atom. The Bertz CT molecular complexity index is 1310. The molecule has 0 bridgehead atoms. The predicted molar refractivity (Wildman–Crippen MR) is 146 cm³/mol. The first-order valence-electron chi connectivity index (χ1n) is 13.4. The number of nitrogens with zero attached hydrogens (tertiary/aromatic N) is 4. The number of aromatic nitrogens is 4. The number of sulfonamides is 1. The standard InChI is InChI=1S/C26H39N7O4S/c1-4-33(5-2)14-9-15-38(35,36)31-23(16-19-17-27-22-13-7-6-12-21(19)22)25-29-24(32(3)30-25)18-28-26(34)37-20-10-8-11-20/h6-7,12-13,17,20,23,27,31H,4-5,8-11,14-16,18H2,1-3H3,(H,28,34)/t23-/m1/s1. The third-order valence-corrected chi connectivity index (χ3v) is 8.57. The van der Waals surface area contributed by atoms with Crippen LogP contribution in [0, 0.1) is 0 Å². The van der Waals surface area contributed by atoms with Gasteiger partial charge in [-0.2, -0.15) is 5.10 Å². The maximum Gasteiger partial charge on any atom is 0.407 e. The Morgan fingerprint density at radius 3 is 2.74 bits per heavy atom. The lowest BCUT2D eigenvalue weighted by Crippen LogP contribution is -2.34. The molecular weight excluding hydrogens is 506 g/mol. The number of aryl methyl sites for hydroxylation is 1. The molecule has 1 saturated carbocycles. The zero-order valence-electron chi connectivity index (χ0n) is 22.4. The van der Waals surface area contributed by atoms with E-state index in [1.54, 1.807) is 11.7 Å². The van der Waals surface area contributed by atoms with Gasteiger partial charge in [0.2, 0.25) is 10.0 Å². The monoisotopic (exact) mass is 545 g/mol. The molecule has 4 rings (SSSR count). The number of rotatable bonds is 14. The molecule has 1 aliphatic carbocycles. The lowest BCUT2D eigenvalue weighted by Gasteiger charge is -2.24. The number of nitrogens with one attached hydrogen (secondary N) is 3. The summed E-state index contributed by atoms with van der Waals surface area (Å²) in [6.45, 7) is 6.76. The molecule has 0 unspecified atom stereocenters. The predicted octanol–water partition coefficient (Wildman–Crippen LogP) is 3.01. The van der Waals surface area contributed by atoms with Crippen molar-refractivity contribution in [3.63, 3.8) is 0 Å². The van der Waals surface area contributed by atoms with Crippen molar-refractivity contribution < 1.29 is 17.9 Å². The van der Waals surface area contributed by atoms with Crippen LogP contribution in [0.3, 0.4) is 0 Å². The molecule has 208 valence electrons. The molecule has 0 spiro atoms. The van der Waals surface area contributed by atoms with Crippen molar-refractivity contribution in [3.8, 4) is 0 Å². The summed E-state index contributed by atoms with van der Waals surface area (Å²) in [6.07, 6.45) is 5.18. The minimum Gasteiger partial charge on any atom is -0.446 e. The number of ether oxygens (including phenoxy) is 1. The van der Waals surface area contributed by atoms with Gasteiger partial charge in [0.25, 0.3) is 0 Å². The van der Waals surface area contributed by atoms with E-state index in [9.17, 15) is 13.2 Å². The summed E-state index contributed by atoms with van der Waals surface area (Å²) in [6, 6.07) is 7.23. The molecule has 3 aromatic rings. The maximum atomic E-state index is 13.1. The van der Waals surface area contributed by atoms with Gasteiger partial charge in [-0.1, -0.05) is 32.0 Å². The molecule has 12 heteroatoms. The van der Waals surface area contributed by atoms with Gasteiger partial charge in [-0.05, 0) is 63.4 Å². The van der Waals surface area contributed by atoms with Crippen molar-refractivity contribution in [3.05, 3.63) is 47.7 Å². The van der Waals surface area contributed by atoms with Crippen LogP contribution in [0.4, 0.5) is 4.79 Å². The van der Waals surface area contributed by atoms with E-state index in [-0.39, 0.29) is 18.4 Å². The first kappa shape index (κ1) is 28.1. The number of amides is 1. The third kappa shape index (κ3) is 7.33. The van der Waals surface area contributed by atoms with E-state index < -0.39 is 22.2 Å². The lowest BCUT2D eigenvalue weighted by atomic mass is 9.96. The maximum absolute atomic E-state index is 13.1. The molecule has 1 aromatic carbocycles. The molecule has 3 N–H and O–H groups in total. The molecular formula is C26H39N7O4S. The smallest absolute Gasteiger partial charge is 0.407 e. The van der Waals surface area contributed by atoms with E-state index in [1.165, 1.54) is 0 Å². The second-order valence-corrected chi connectivity index (χ2v) is 11.6. The van der Waals surface area contributed by atoms with Crippen LogP contribution >= 0.6 is 0 Å². The molecule has 38 heavy (non-hydrogen) atoms. The van der Waals surface area contributed by atoms with Gasteiger partial charge in [0, 0.05) is 24.1 Å². The van der Waals surface area contributed by atoms with Gasteiger partial charge in [-0.25, -0.2) is 22.9 Å².